The second-order valence-corrected chi connectivity index (χ2v) is 17.2. The first-order chi connectivity index (χ1) is 31.1. The first-order valence-electron chi connectivity index (χ1n) is 26.0. The van der Waals surface area contributed by atoms with Crippen LogP contribution in [0, 0.1) is 0 Å². The Morgan fingerprint density at radius 2 is 0.651 bits per heavy atom. The van der Waals surface area contributed by atoms with Gasteiger partial charge in [-0.3, -0.25) is 0 Å². The van der Waals surface area contributed by atoms with E-state index < -0.39 is 12.2 Å². The van der Waals surface area contributed by atoms with Crippen molar-refractivity contribution < 1.29 is 33.2 Å². The van der Waals surface area contributed by atoms with Gasteiger partial charge in [0.15, 0.2) is 25.1 Å². The lowest BCUT2D eigenvalue weighted by atomic mass is 10.0. The van der Waals surface area contributed by atoms with Gasteiger partial charge in [-0.05, 0) is 49.7 Å². The molecule has 360 valence electrons. The van der Waals surface area contributed by atoms with Gasteiger partial charge < -0.3 is 33.2 Å². The highest BCUT2D eigenvalue weighted by Gasteiger charge is 2.27. The molecule has 0 radical (unpaired) electrons. The lowest BCUT2D eigenvalue weighted by molar-refractivity contribution is -0.167. The fourth-order valence-corrected chi connectivity index (χ4v) is 7.73. The molecular formula is C56H94O7. The van der Waals surface area contributed by atoms with Crippen molar-refractivity contribution in [1.29, 1.82) is 0 Å². The van der Waals surface area contributed by atoms with E-state index in [1.165, 1.54) is 116 Å². The molecule has 2 atom stereocenters. The Kier molecular flexibility index (Phi) is 36.1. The zero-order valence-electron chi connectivity index (χ0n) is 41.4. The molecule has 7 nitrogen and oxygen atoms in total. The van der Waals surface area contributed by atoms with Gasteiger partial charge in [0.2, 0.25) is 0 Å². The highest BCUT2D eigenvalue weighted by molar-refractivity contribution is 5.27. The van der Waals surface area contributed by atoms with Crippen LogP contribution >= 0.6 is 0 Å². The number of benzene rings is 2. The summed E-state index contributed by atoms with van der Waals surface area (Å²) >= 11 is 0. The predicted molar refractivity (Wildman–Crippen MR) is 263 cm³/mol. The Hall–Kier alpha value is -3.00. The van der Waals surface area contributed by atoms with Crippen LogP contribution in [0.25, 0.3) is 0 Å². The first-order valence-corrected chi connectivity index (χ1v) is 26.0. The van der Waals surface area contributed by atoms with Crippen LogP contribution < -0.4 is 0 Å². The zero-order valence-corrected chi connectivity index (χ0v) is 41.4. The molecule has 2 aromatic carbocycles. The van der Waals surface area contributed by atoms with Crippen LogP contribution in [0.2, 0.25) is 0 Å². The molecule has 0 saturated carbocycles. The molecule has 0 N–H and O–H groups in total. The Bertz CT molecular complexity index is 1260. The quantitative estimate of drug-likeness (QED) is 0.0373. The van der Waals surface area contributed by atoms with E-state index in [9.17, 15) is 0 Å². The van der Waals surface area contributed by atoms with Crippen molar-refractivity contribution in [3.8, 4) is 0 Å². The van der Waals surface area contributed by atoms with Gasteiger partial charge >= 0.3 is 0 Å². The smallest absolute Gasteiger partial charge is 0.167 e. The summed E-state index contributed by atoms with van der Waals surface area (Å²) in [6.45, 7) is 15.6. The SMILES string of the molecule is CCCCCCCCCCCCC(OCCC)=C(OCCC)C(OCOCOC(C(OCCC)=C(CCCCCCCCCCCC)OCCC)c1ccccc1)c1ccccc1. The van der Waals surface area contributed by atoms with Crippen molar-refractivity contribution in [3.05, 3.63) is 94.8 Å². The number of hydrogen-bond donors (Lipinski definition) is 0. The molecule has 2 aromatic rings. The Morgan fingerprint density at radius 1 is 0.349 bits per heavy atom. The summed E-state index contributed by atoms with van der Waals surface area (Å²) in [6, 6.07) is 20.6. The van der Waals surface area contributed by atoms with Gasteiger partial charge in [0.05, 0.1) is 26.4 Å². The highest BCUT2D eigenvalue weighted by atomic mass is 16.7. The molecule has 0 aliphatic heterocycles. The van der Waals surface area contributed by atoms with Crippen molar-refractivity contribution in [2.45, 2.75) is 221 Å². The molecule has 7 heteroatoms. The summed E-state index contributed by atoms with van der Waals surface area (Å²) in [5.74, 6) is 3.29. The van der Waals surface area contributed by atoms with E-state index in [4.69, 9.17) is 33.2 Å². The van der Waals surface area contributed by atoms with Crippen LogP contribution in [-0.2, 0) is 33.2 Å². The Balaban J connectivity index is 2.24. The molecule has 0 amide bonds. The average Bonchev–Trinajstić information content (AvgIpc) is 3.31. The Morgan fingerprint density at radius 3 is 0.968 bits per heavy atom. The van der Waals surface area contributed by atoms with E-state index in [0.29, 0.717) is 26.4 Å². The minimum atomic E-state index is -0.490. The molecule has 2 unspecified atom stereocenters. The predicted octanol–water partition coefficient (Wildman–Crippen LogP) is 17.2. The second kappa shape index (κ2) is 40.5. The molecule has 0 heterocycles. The lowest BCUT2D eigenvalue weighted by Gasteiger charge is -2.26. The fraction of sp³-hybridized carbons (Fsp3) is 0.714. The van der Waals surface area contributed by atoms with Crippen LogP contribution in [-0.4, -0.2) is 40.0 Å². The highest BCUT2D eigenvalue weighted by Crippen LogP contribution is 2.34. The molecule has 0 fully saturated rings. The number of unbranched alkanes of at least 4 members (excludes halogenated alkanes) is 18. The molecule has 0 aromatic heterocycles. The summed E-state index contributed by atoms with van der Waals surface area (Å²) < 4.78 is 45.7. The average molecular weight is 879 g/mol. The summed E-state index contributed by atoms with van der Waals surface area (Å²) in [5.41, 5.74) is 2.00. The molecule has 2 rings (SSSR count). The largest absolute Gasteiger partial charge is 0.494 e. The standard InChI is InChI=1S/C56H94O7/c1-7-13-15-17-19-21-23-25-27-35-41-51(58-43-9-3)55(60-45-11-5)53(49-37-31-29-32-38-49)62-47-57-48-63-54(50-39-33-30-34-40-50)56(61-46-12-6)52(59-44-10-4)42-36-28-26-24-22-20-18-16-14-8-2/h29-34,37-40,53-54H,7-28,35-36,41-48H2,1-6H3. The van der Waals surface area contributed by atoms with E-state index >= 15 is 0 Å². The van der Waals surface area contributed by atoms with E-state index in [0.717, 1.165) is 85.5 Å². The molecular weight excluding hydrogens is 785 g/mol. The maximum Gasteiger partial charge on any atom is 0.167 e. The number of hydrogen-bond acceptors (Lipinski definition) is 7. The van der Waals surface area contributed by atoms with Gasteiger partial charge in [0.25, 0.3) is 0 Å². The van der Waals surface area contributed by atoms with Crippen LogP contribution in [0.5, 0.6) is 0 Å². The van der Waals surface area contributed by atoms with Crippen molar-refractivity contribution in [2.75, 3.05) is 40.0 Å². The number of allylic oxidation sites excluding steroid dienone is 2. The van der Waals surface area contributed by atoms with E-state index in [2.05, 4.69) is 65.8 Å². The van der Waals surface area contributed by atoms with Gasteiger partial charge in [-0.2, -0.15) is 0 Å². The summed E-state index contributed by atoms with van der Waals surface area (Å²) in [4.78, 5) is 0. The van der Waals surface area contributed by atoms with Crippen molar-refractivity contribution in [1.82, 2.24) is 0 Å². The van der Waals surface area contributed by atoms with Crippen molar-refractivity contribution in [2.24, 2.45) is 0 Å². The number of ether oxygens (including phenoxy) is 7. The minimum Gasteiger partial charge on any atom is -0.494 e. The van der Waals surface area contributed by atoms with Crippen LogP contribution in [0.4, 0.5) is 0 Å². The van der Waals surface area contributed by atoms with Gasteiger partial charge in [-0.1, -0.05) is 218 Å². The van der Waals surface area contributed by atoms with Crippen molar-refractivity contribution in [3.63, 3.8) is 0 Å². The fourth-order valence-electron chi connectivity index (χ4n) is 7.73. The van der Waals surface area contributed by atoms with E-state index in [1.807, 2.05) is 36.4 Å². The summed E-state index contributed by atoms with van der Waals surface area (Å²) in [5, 5.41) is 0. The first kappa shape index (κ1) is 56.1. The van der Waals surface area contributed by atoms with Crippen molar-refractivity contribution >= 4 is 0 Å². The number of rotatable bonds is 44. The monoisotopic (exact) mass is 879 g/mol. The van der Waals surface area contributed by atoms with E-state index in [1.54, 1.807) is 0 Å². The topological polar surface area (TPSA) is 64.6 Å². The normalized spacial score (nSPS) is 13.3. The zero-order chi connectivity index (χ0) is 45.3. The van der Waals surface area contributed by atoms with Crippen LogP contribution in [0.3, 0.4) is 0 Å². The third-order valence-electron chi connectivity index (χ3n) is 11.3. The molecule has 0 bridgehead atoms. The maximum atomic E-state index is 6.65. The summed E-state index contributed by atoms with van der Waals surface area (Å²) in [6.07, 6.45) is 30.0. The van der Waals surface area contributed by atoms with Gasteiger partial charge in [0.1, 0.15) is 23.7 Å². The van der Waals surface area contributed by atoms with Gasteiger partial charge in [0, 0.05) is 12.8 Å². The molecule has 0 aliphatic carbocycles. The van der Waals surface area contributed by atoms with E-state index in [-0.39, 0.29) is 13.6 Å². The van der Waals surface area contributed by atoms with Crippen LogP contribution in [0.15, 0.2) is 83.7 Å². The summed E-state index contributed by atoms with van der Waals surface area (Å²) in [7, 11) is 0. The van der Waals surface area contributed by atoms with Gasteiger partial charge in [-0.15, -0.1) is 0 Å². The molecule has 0 saturated heterocycles. The maximum absolute atomic E-state index is 6.65. The third kappa shape index (κ3) is 26.5. The second-order valence-electron chi connectivity index (χ2n) is 17.2. The lowest BCUT2D eigenvalue weighted by Crippen LogP contribution is -2.19. The molecule has 0 aliphatic rings. The van der Waals surface area contributed by atoms with Gasteiger partial charge in [-0.25, -0.2) is 0 Å². The third-order valence-corrected chi connectivity index (χ3v) is 11.3. The molecule has 0 spiro atoms. The Labute approximate surface area is 387 Å². The minimum absolute atomic E-state index is 0.00598. The molecule has 63 heavy (non-hydrogen) atoms. The van der Waals surface area contributed by atoms with Crippen LogP contribution in [0.1, 0.15) is 232 Å².